The fraction of sp³-hybridized carbons (Fsp3) is 0.278. The van der Waals surface area contributed by atoms with Crippen LogP contribution in [-0.2, 0) is 11.3 Å². The summed E-state index contributed by atoms with van der Waals surface area (Å²) in [7, 11) is 0. The van der Waals surface area contributed by atoms with Gasteiger partial charge in [-0.05, 0) is 48.7 Å². The summed E-state index contributed by atoms with van der Waals surface area (Å²) in [6, 6.07) is 13.0. The lowest BCUT2D eigenvalue weighted by molar-refractivity contribution is -0.121. The van der Waals surface area contributed by atoms with Gasteiger partial charge in [0.25, 0.3) is 0 Å². The maximum atomic E-state index is 11.8. The quantitative estimate of drug-likeness (QED) is 0.729. The number of hydrogen-bond acceptors (Lipinski definition) is 2. The topological polar surface area (TPSA) is 38.3 Å². The van der Waals surface area contributed by atoms with Crippen molar-refractivity contribution in [3.63, 3.8) is 0 Å². The Morgan fingerprint density at radius 3 is 2.65 bits per heavy atom. The third kappa shape index (κ3) is 5.77. The minimum absolute atomic E-state index is 0.0131. The first-order chi connectivity index (χ1) is 11.1. The van der Waals surface area contributed by atoms with Crippen LogP contribution in [0, 0.1) is 6.92 Å². The highest BCUT2D eigenvalue weighted by Gasteiger charge is 2.04. The molecule has 0 atom stereocenters. The van der Waals surface area contributed by atoms with Crippen LogP contribution in [0.15, 0.2) is 42.5 Å². The van der Waals surface area contributed by atoms with Gasteiger partial charge in [0.15, 0.2) is 0 Å². The summed E-state index contributed by atoms with van der Waals surface area (Å²) in [5.74, 6) is 0.754. The first-order valence-corrected chi connectivity index (χ1v) is 8.21. The van der Waals surface area contributed by atoms with Crippen LogP contribution < -0.4 is 10.1 Å². The fourth-order valence-corrected chi connectivity index (χ4v) is 2.37. The van der Waals surface area contributed by atoms with E-state index in [1.807, 2.05) is 49.4 Å². The molecule has 0 unspecified atom stereocenters. The monoisotopic (exact) mass is 351 g/mol. The van der Waals surface area contributed by atoms with Gasteiger partial charge in [0.05, 0.1) is 6.61 Å². The van der Waals surface area contributed by atoms with Gasteiger partial charge in [-0.2, -0.15) is 0 Å². The highest BCUT2D eigenvalue weighted by Crippen LogP contribution is 2.21. The van der Waals surface area contributed by atoms with Crippen LogP contribution in [-0.4, -0.2) is 12.5 Å². The Balaban J connectivity index is 1.67. The lowest BCUT2D eigenvalue weighted by atomic mass is 10.2. The summed E-state index contributed by atoms with van der Waals surface area (Å²) in [5.41, 5.74) is 1.89. The molecule has 3 nitrogen and oxygen atoms in total. The van der Waals surface area contributed by atoms with Crippen molar-refractivity contribution in [2.75, 3.05) is 6.61 Å². The van der Waals surface area contributed by atoms with E-state index in [4.69, 9.17) is 27.9 Å². The number of halogens is 2. The van der Waals surface area contributed by atoms with Crippen molar-refractivity contribution in [2.45, 2.75) is 26.3 Å². The van der Waals surface area contributed by atoms with Crippen molar-refractivity contribution in [1.29, 1.82) is 0 Å². The van der Waals surface area contributed by atoms with Gasteiger partial charge in [-0.3, -0.25) is 4.79 Å². The van der Waals surface area contributed by atoms with Crippen LogP contribution in [0.5, 0.6) is 5.75 Å². The van der Waals surface area contributed by atoms with Gasteiger partial charge < -0.3 is 10.1 Å². The molecule has 5 heteroatoms. The molecule has 2 aromatic rings. The van der Waals surface area contributed by atoms with Crippen LogP contribution >= 0.6 is 23.2 Å². The Hall–Kier alpha value is -1.71. The molecule has 0 aliphatic rings. The molecule has 0 saturated heterocycles. The average molecular weight is 352 g/mol. The molecule has 2 rings (SSSR count). The maximum Gasteiger partial charge on any atom is 0.220 e. The van der Waals surface area contributed by atoms with Gasteiger partial charge in [-0.25, -0.2) is 0 Å². The van der Waals surface area contributed by atoms with Crippen molar-refractivity contribution >= 4 is 29.1 Å². The number of ether oxygens (including phenoxy) is 1. The second kappa shape index (κ2) is 8.80. The third-order valence-electron chi connectivity index (χ3n) is 3.38. The third-order valence-corrected chi connectivity index (χ3v) is 4.17. The molecule has 0 fully saturated rings. The number of carbonyl (C=O) groups excluding carboxylic acids is 1. The van der Waals surface area contributed by atoms with Gasteiger partial charge in [0.2, 0.25) is 5.91 Å². The van der Waals surface area contributed by atoms with E-state index in [2.05, 4.69) is 5.32 Å². The lowest BCUT2D eigenvalue weighted by Crippen LogP contribution is -2.23. The first kappa shape index (κ1) is 17.6. The van der Waals surface area contributed by atoms with Crippen LogP contribution in [0.2, 0.25) is 10.0 Å². The van der Waals surface area contributed by atoms with E-state index in [-0.39, 0.29) is 5.91 Å². The van der Waals surface area contributed by atoms with Gasteiger partial charge in [0.1, 0.15) is 5.75 Å². The molecule has 0 aromatic heterocycles. The lowest BCUT2D eigenvalue weighted by Gasteiger charge is -2.09. The number of aryl methyl sites for hydroxylation is 1. The molecule has 0 aliphatic carbocycles. The van der Waals surface area contributed by atoms with Crippen molar-refractivity contribution in [3.8, 4) is 5.75 Å². The molecular weight excluding hydrogens is 333 g/mol. The van der Waals surface area contributed by atoms with E-state index >= 15 is 0 Å². The van der Waals surface area contributed by atoms with E-state index in [1.54, 1.807) is 0 Å². The van der Waals surface area contributed by atoms with Crippen LogP contribution in [0.3, 0.4) is 0 Å². The van der Waals surface area contributed by atoms with Crippen LogP contribution in [0.25, 0.3) is 0 Å². The predicted molar refractivity (Wildman–Crippen MR) is 94.2 cm³/mol. The molecular formula is C18H19Cl2NO2. The largest absolute Gasteiger partial charge is 0.494 e. The molecule has 2 aromatic carbocycles. The van der Waals surface area contributed by atoms with Gasteiger partial charge in [0, 0.05) is 23.0 Å². The average Bonchev–Trinajstić information content (AvgIpc) is 2.54. The molecule has 0 heterocycles. The molecule has 1 amide bonds. The summed E-state index contributed by atoms with van der Waals surface area (Å²) >= 11 is 12.0. The SMILES string of the molecule is Cc1cc(OCCCC(=O)NCc2ccccc2Cl)ccc1Cl. The number of hydrogen-bond donors (Lipinski definition) is 1. The zero-order valence-corrected chi connectivity index (χ0v) is 14.5. The highest BCUT2D eigenvalue weighted by molar-refractivity contribution is 6.31. The van der Waals surface area contributed by atoms with Gasteiger partial charge in [-0.15, -0.1) is 0 Å². The number of benzene rings is 2. The maximum absolute atomic E-state index is 11.8. The molecule has 0 aliphatic heterocycles. The standard InChI is InChI=1S/C18H19Cl2NO2/c1-13-11-15(8-9-16(13)19)23-10-4-7-18(22)21-12-14-5-2-3-6-17(14)20/h2-3,5-6,8-9,11H,4,7,10,12H2,1H3,(H,21,22). The Bertz CT molecular complexity index is 674. The van der Waals surface area contributed by atoms with Crippen molar-refractivity contribution in [3.05, 3.63) is 63.6 Å². The summed E-state index contributed by atoms with van der Waals surface area (Å²) in [6.45, 7) is 2.85. The summed E-state index contributed by atoms with van der Waals surface area (Å²) in [5, 5.41) is 4.24. The van der Waals surface area contributed by atoms with E-state index in [9.17, 15) is 4.79 Å². The molecule has 122 valence electrons. The zero-order valence-electron chi connectivity index (χ0n) is 12.9. The van der Waals surface area contributed by atoms with Crippen molar-refractivity contribution in [1.82, 2.24) is 5.32 Å². The summed E-state index contributed by atoms with van der Waals surface area (Å²) in [6.07, 6.45) is 1.06. The number of carbonyl (C=O) groups is 1. The van der Waals surface area contributed by atoms with Crippen LogP contribution in [0.4, 0.5) is 0 Å². The predicted octanol–water partition coefficient (Wildman–Crippen LogP) is 4.78. The zero-order chi connectivity index (χ0) is 16.7. The smallest absolute Gasteiger partial charge is 0.220 e. The van der Waals surface area contributed by atoms with E-state index in [0.29, 0.717) is 31.0 Å². The Morgan fingerprint density at radius 1 is 1.13 bits per heavy atom. The van der Waals surface area contributed by atoms with Crippen molar-refractivity contribution < 1.29 is 9.53 Å². The summed E-state index contributed by atoms with van der Waals surface area (Å²) in [4.78, 5) is 11.8. The number of nitrogens with one attached hydrogen (secondary N) is 1. The molecule has 23 heavy (non-hydrogen) atoms. The Labute approximate surface area is 146 Å². The molecule has 1 N–H and O–H groups in total. The van der Waals surface area contributed by atoms with E-state index in [0.717, 1.165) is 21.9 Å². The first-order valence-electron chi connectivity index (χ1n) is 7.45. The molecule has 0 radical (unpaired) electrons. The number of amides is 1. The minimum Gasteiger partial charge on any atom is -0.494 e. The van der Waals surface area contributed by atoms with E-state index in [1.165, 1.54) is 0 Å². The summed E-state index contributed by atoms with van der Waals surface area (Å²) < 4.78 is 5.61. The van der Waals surface area contributed by atoms with E-state index < -0.39 is 0 Å². The Kier molecular flexibility index (Phi) is 6.75. The molecule has 0 bridgehead atoms. The number of rotatable bonds is 7. The second-order valence-electron chi connectivity index (χ2n) is 5.23. The molecule has 0 saturated carbocycles. The second-order valence-corrected chi connectivity index (χ2v) is 6.05. The fourth-order valence-electron chi connectivity index (χ4n) is 2.05. The molecule has 0 spiro atoms. The Morgan fingerprint density at radius 2 is 1.91 bits per heavy atom. The highest BCUT2D eigenvalue weighted by atomic mass is 35.5. The normalized spacial score (nSPS) is 10.4. The van der Waals surface area contributed by atoms with Gasteiger partial charge in [-0.1, -0.05) is 41.4 Å². The van der Waals surface area contributed by atoms with Crippen molar-refractivity contribution in [2.24, 2.45) is 0 Å². The van der Waals surface area contributed by atoms with Crippen LogP contribution in [0.1, 0.15) is 24.0 Å². The minimum atomic E-state index is -0.0131. The van der Waals surface area contributed by atoms with Gasteiger partial charge >= 0.3 is 0 Å².